The first kappa shape index (κ1) is 17.2. The first-order valence-electron chi connectivity index (χ1n) is 8.34. The Kier molecular flexibility index (Phi) is 6.32. The number of rotatable bonds is 5. The average Bonchev–Trinajstić information content (AvgIpc) is 2.60. The molecule has 1 saturated carbocycles. The van der Waals surface area contributed by atoms with E-state index in [1.807, 2.05) is 13.8 Å². The first-order chi connectivity index (χ1) is 11.1. The minimum absolute atomic E-state index is 0.0880. The summed E-state index contributed by atoms with van der Waals surface area (Å²) in [6.07, 6.45) is 6.24. The molecule has 2 N–H and O–H groups in total. The van der Waals surface area contributed by atoms with E-state index in [0.29, 0.717) is 5.56 Å². The largest absolute Gasteiger partial charge is 0.326 e. The normalized spacial score (nSPS) is 16.0. The number of hydrogen-bond donors (Lipinski definition) is 2. The minimum atomic E-state index is -0.247. The maximum Gasteiger partial charge on any atom is 0.271 e. The molecule has 1 fully saturated rings. The number of carbonyl (C=O) groups is 2. The van der Waals surface area contributed by atoms with Crippen LogP contribution in [0.4, 0.5) is 5.69 Å². The molecule has 0 aromatic heterocycles. The van der Waals surface area contributed by atoms with Crippen LogP contribution in [-0.4, -0.2) is 17.5 Å². The van der Waals surface area contributed by atoms with E-state index in [4.69, 9.17) is 0 Å². The highest BCUT2D eigenvalue weighted by atomic mass is 16.2. The number of hydrogen-bond acceptors (Lipinski definition) is 3. The third-order valence-corrected chi connectivity index (χ3v) is 4.25. The molecule has 1 aromatic carbocycles. The average molecular weight is 315 g/mol. The smallest absolute Gasteiger partial charge is 0.271 e. The van der Waals surface area contributed by atoms with Crippen molar-refractivity contribution in [2.75, 3.05) is 5.32 Å². The molecule has 5 nitrogen and oxygen atoms in total. The summed E-state index contributed by atoms with van der Waals surface area (Å²) in [4.78, 5) is 24.1. The van der Waals surface area contributed by atoms with E-state index in [9.17, 15) is 9.59 Å². The van der Waals surface area contributed by atoms with Gasteiger partial charge in [0.15, 0.2) is 0 Å². The zero-order valence-electron chi connectivity index (χ0n) is 13.9. The Morgan fingerprint density at radius 3 is 2.39 bits per heavy atom. The number of amides is 2. The van der Waals surface area contributed by atoms with Gasteiger partial charge >= 0.3 is 0 Å². The van der Waals surface area contributed by atoms with Crippen LogP contribution in [0.1, 0.15) is 62.7 Å². The number of hydrazone groups is 1. The Bertz CT molecular complexity index is 572. The predicted molar refractivity (Wildman–Crippen MR) is 92.5 cm³/mol. The lowest BCUT2D eigenvalue weighted by Gasteiger charge is -2.20. The van der Waals surface area contributed by atoms with Gasteiger partial charge in [-0.1, -0.05) is 26.2 Å². The molecule has 5 heteroatoms. The second-order valence-electron chi connectivity index (χ2n) is 6.04. The second-order valence-corrected chi connectivity index (χ2v) is 6.04. The zero-order chi connectivity index (χ0) is 16.7. The monoisotopic (exact) mass is 315 g/mol. The topological polar surface area (TPSA) is 70.6 Å². The molecule has 0 unspecified atom stereocenters. The van der Waals surface area contributed by atoms with Crippen molar-refractivity contribution in [1.82, 2.24) is 5.43 Å². The SMILES string of the molecule is CCC(C)=NNC(=O)c1ccc(NC(=O)C2CCCCC2)cc1. The number of carbonyl (C=O) groups excluding carboxylic acids is 2. The molecule has 1 aromatic rings. The van der Waals surface area contributed by atoms with Crippen LogP contribution in [0, 0.1) is 5.92 Å². The van der Waals surface area contributed by atoms with Crippen LogP contribution < -0.4 is 10.7 Å². The van der Waals surface area contributed by atoms with Crippen LogP contribution in [0.25, 0.3) is 0 Å². The molecule has 0 spiro atoms. The molecule has 0 saturated heterocycles. The fourth-order valence-corrected chi connectivity index (χ4v) is 2.60. The molecular formula is C18H25N3O2. The highest BCUT2D eigenvalue weighted by molar-refractivity contribution is 5.96. The van der Waals surface area contributed by atoms with E-state index in [-0.39, 0.29) is 17.7 Å². The number of benzene rings is 1. The van der Waals surface area contributed by atoms with E-state index >= 15 is 0 Å². The van der Waals surface area contributed by atoms with Gasteiger partial charge in [0.1, 0.15) is 0 Å². The summed E-state index contributed by atoms with van der Waals surface area (Å²) in [5.74, 6) is -0.0360. The fourth-order valence-electron chi connectivity index (χ4n) is 2.60. The van der Waals surface area contributed by atoms with Gasteiger partial charge in [0.2, 0.25) is 5.91 Å². The Labute approximate surface area is 137 Å². The quantitative estimate of drug-likeness (QED) is 0.642. The van der Waals surface area contributed by atoms with Crippen LogP contribution in [0.3, 0.4) is 0 Å². The molecule has 23 heavy (non-hydrogen) atoms. The van der Waals surface area contributed by atoms with Crippen molar-refractivity contribution in [3.05, 3.63) is 29.8 Å². The number of anilines is 1. The van der Waals surface area contributed by atoms with Gasteiger partial charge in [0.05, 0.1) is 0 Å². The predicted octanol–water partition coefficient (Wildman–Crippen LogP) is 3.72. The lowest BCUT2D eigenvalue weighted by Crippen LogP contribution is -2.24. The van der Waals surface area contributed by atoms with Crippen molar-refractivity contribution >= 4 is 23.2 Å². The summed E-state index contributed by atoms with van der Waals surface area (Å²) in [6.45, 7) is 3.85. The van der Waals surface area contributed by atoms with Gasteiger partial charge in [0.25, 0.3) is 5.91 Å². The van der Waals surface area contributed by atoms with Crippen LogP contribution in [-0.2, 0) is 4.79 Å². The second kappa shape index (κ2) is 8.46. The van der Waals surface area contributed by atoms with Crippen molar-refractivity contribution in [2.45, 2.75) is 52.4 Å². The molecule has 1 aliphatic rings. The first-order valence-corrected chi connectivity index (χ1v) is 8.34. The summed E-state index contributed by atoms with van der Waals surface area (Å²) in [7, 11) is 0. The highest BCUT2D eigenvalue weighted by Crippen LogP contribution is 2.25. The van der Waals surface area contributed by atoms with Crippen LogP contribution in [0.5, 0.6) is 0 Å². The van der Waals surface area contributed by atoms with Crippen molar-refractivity contribution in [2.24, 2.45) is 11.0 Å². The van der Waals surface area contributed by atoms with Gasteiger partial charge in [-0.15, -0.1) is 0 Å². The lowest BCUT2D eigenvalue weighted by atomic mass is 9.88. The van der Waals surface area contributed by atoms with Crippen molar-refractivity contribution < 1.29 is 9.59 Å². The van der Waals surface area contributed by atoms with E-state index in [1.54, 1.807) is 24.3 Å². The van der Waals surface area contributed by atoms with Gasteiger partial charge in [0, 0.05) is 22.9 Å². The third kappa shape index (κ3) is 5.20. The van der Waals surface area contributed by atoms with E-state index < -0.39 is 0 Å². The molecule has 0 heterocycles. The zero-order valence-corrected chi connectivity index (χ0v) is 13.9. The Morgan fingerprint density at radius 1 is 1.13 bits per heavy atom. The molecular weight excluding hydrogens is 290 g/mol. The van der Waals surface area contributed by atoms with Gasteiger partial charge in [-0.3, -0.25) is 9.59 Å². The Hall–Kier alpha value is -2.17. The molecule has 0 atom stereocenters. The Morgan fingerprint density at radius 2 is 1.78 bits per heavy atom. The van der Waals surface area contributed by atoms with E-state index in [0.717, 1.165) is 43.5 Å². The van der Waals surface area contributed by atoms with Crippen LogP contribution in [0.15, 0.2) is 29.4 Å². The number of nitrogens with zero attached hydrogens (tertiary/aromatic N) is 1. The molecule has 0 radical (unpaired) electrons. The fraction of sp³-hybridized carbons (Fsp3) is 0.500. The number of nitrogens with one attached hydrogen (secondary N) is 2. The van der Waals surface area contributed by atoms with Crippen molar-refractivity contribution in [1.29, 1.82) is 0 Å². The van der Waals surface area contributed by atoms with Gasteiger partial charge in [-0.05, 0) is 50.5 Å². The van der Waals surface area contributed by atoms with Crippen LogP contribution >= 0.6 is 0 Å². The Balaban J connectivity index is 1.91. The molecule has 1 aliphatic carbocycles. The molecule has 0 aliphatic heterocycles. The summed E-state index contributed by atoms with van der Waals surface area (Å²) < 4.78 is 0. The van der Waals surface area contributed by atoms with E-state index in [1.165, 1.54) is 6.42 Å². The maximum absolute atomic E-state index is 12.2. The summed E-state index contributed by atoms with van der Waals surface area (Å²) in [6, 6.07) is 6.91. The lowest BCUT2D eigenvalue weighted by molar-refractivity contribution is -0.120. The van der Waals surface area contributed by atoms with Crippen molar-refractivity contribution in [3.63, 3.8) is 0 Å². The summed E-state index contributed by atoms with van der Waals surface area (Å²) in [5.41, 5.74) is 4.64. The van der Waals surface area contributed by atoms with Gasteiger partial charge in [-0.2, -0.15) is 5.10 Å². The molecule has 2 amide bonds. The van der Waals surface area contributed by atoms with E-state index in [2.05, 4.69) is 15.8 Å². The maximum atomic E-state index is 12.2. The van der Waals surface area contributed by atoms with Gasteiger partial charge in [-0.25, -0.2) is 5.43 Å². The standard InChI is InChI=1S/C18H25N3O2/c1-3-13(2)20-21-18(23)15-9-11-16(12-10-15)19-17(22)14-7-5-4-6-8-14/h9-12,14H,3-8H2,1-2H3,(H,19,22)(H,21,23). The summed E-state index contributed by atoms with van der Waals surface area (Å²) >= 11 is 0. The minimum Gasteiger partial charge on any atom is -0.326 e. The van der Waals surface area contributed by atoms with Crippen molar-refractivity contribution in [3.8, 4) is 0 Å². The summed E-state index contributed by atoms with van der Waals surface area (Å²) in [5, 5.41) is 6.94. The molecule has 2 rings (SSSR count). The molecule has 124 valence electrons. The highest BCUT2D eigenvalue weighted by Gasteiger charge is 2.21. The third-order valence-electron chi connectivity index (χ3n) is 4.25. The van der Waals surface area contributed by atoms with Crippen LogP contribution in [0.2, 0.25) is 0 Å². The van der Waals surface area contributed by atoms with Gasteiger partial charge < -0.3 is 5.32 Å². The molecule has 0 bridgehead atoms.